The minimum Gasteiger partial charge on any atom is -0.451 e. The molecule has 0 atom stereocenters. The maximum absolute atomic E-state index is 13.8. The number of rotatable bonds is 9. The Balaban J connectivity index is 1.42. The topological polar surface area (TPSA) is 137 Å². The zero-order valence-corrected chi connectivity index (χ0v) is 23.7. The van der Waals surface area contributed by atoms with E-state index in [4.69, 9.17) is 20.8 Å². The van der Waals surface area contributed by atoms with Crippen LogP contribution in [0.1, 0.15) is 25.7 Å². The first kappa shape index (κ1) is 27.6. The van der Waals surface area contributed by atoms with Crippen LogP contribution in [0, 0.1) is 0 Å². The second kappa shape index (κ2) is 12.1. The summed E-state index contributed by atoms with van der Waals surface area (Å²) < 4.78 is 13.7. The number of hydrogen-bond donors (Lipinski definition) is 1. The van der Waals surface area contributed by atoms with E-state index in [1.165, 1.54) is 28.4 Å². The van der Waals surface area contributed by atoms with Gasteiger partial charge < -0.3 is 23.9 Å². The maximum Gasteiger partial charge on any atom is 0.301 e. The van der Waals surface area contributed by atoms with Crippen LogP contribution in [0.15, 0.2) is 76.9 Å². The highest BCUT2D eigenvalue weighted by Crippen LogP contribution is 2.27. The predicted octanol–water partition coefficient (Wildman–Crippen LogP) is 3.83. The molecule has 0 unspecified atom stereocenters. The number of ether oxygens (including phenoxy) is 1. The molecule has 1 fully saturated rings. The van der Waals surface area contributed by atoms with E-state index < -0.39 is 11.5 Å². The fraction of sp³-hybridized carbons (Fsp3) is 0.214. The van der Waals surface area contributed by atoms with E-state index in [-0.39, 0.29) is 29.3 Å². The van der Waals surface area contributed by atoms with Crippen LogP contribution in [0.4, 0.5) is 11.5 Å². The molecule has 0 saturated carbocycles. The minimum atomic E-state index is -0.543. The molecule has 6 heterocycles. The highest BCUT2D eigenvalue weighted by molar-refractivity contribution is 7.16. The van der Waals surface area contributed by atoms with Gasteiger partial charge in [-0.2, -0.15) is 9.78 Å². The number of carbonyl (C=O) groups excluding carboxylic acids is 2. The fourth-order valence-electron chi connectivity index (χ4n) is 4.53. The Bertz CT molecular complexity index is 1780. The third kappa shape index (κ3) is 5.88. The van der Waals surface area contributed by atoms with Crippen molar-refractivity contribution < 1.29 is 18.7 Å². The number of carbonyl (C=O) groups is 2. The number of Topliss-reactive ketones (excluding diaryl/α,β-unsaturated/α-hetero) is 1. The number of halogens is 1. The zero-order chi connectivity index (χ0) is 29.1. The molecule has 0 radical (unpaired) electrons. The van der Waals surface area contributed by atoms with Crippen LogP contribution in [0.2, 0.25) is 4.34 Å². The lowest BCUT2D eigenvalue weighted by molar-refractivity contribution is 0.0941. The van der Waals surface area contributed by atoms with Gasteiger partial charge in [-0.1, -0.05) is 11.6 Å². The summed E-state index contributed by atoms with van der Waals surface area (Å²) >= 11 is 7.49. The lowest BCUT2D eigenvalue weighted by atomic mass is 10.1. The number of anilines is 2. The Kier molecular flexibility index (Phi) is 7.95. The van der Waals surface area contributed by atoms with E-state index in [9.17, 15) is 14.4 Å². The monoisotopic (exact) mass is 605 g/mol. The molecule has 0 aromatic carbocycles. The summed E-state index contributed by atoms with van der Waals surface area (Å²) in [6.07, 6.45) is 7.10. The number of hydrogen-bond acceptors (Lipinski definition) is 11. The summed E-state index contributed by atoms with van der Waals surface area (Å²) in [4.78, 5) is 51.2. The molecule has 42 heavy (non-hydrogen) atoms. The molecule has 0 aliphatic carbocycles. The average Bonchev–Trinajstić information content (AvgIpc) is 3.79. The number of oxazole rings is 1. The number of nitrogens with zero attached hydrogens (tertiary/aromatic N) is 6. The van der Waals surface area contributed by atoms with E-state index in [0.29, 0.717) is 48.6 Å². The first-order valence-electron chi connectivity index (χ1n) is 13.0. The number of thiophene rings is 1. The van der Waals surface area contributed by atoms with Crippen molar-refractivity contribution in [1.29, 1.82) is 0 Å². The van der Waals surface area contributed by atoms with Gasteiger partial charge in [0.2, 0.25) is 0 Å². The van der Waals surface area contributed by atoms with E-state index in [0.717, 1.165) is 21.6 Å². The number of aromatic nitrogens is 5. The third-order valence-electron chi connectivity index (χ3n) is 6.65. The number of ketones is 1. The lowest BCUT2D eigenvalue weighted by Gasteiger charge is -2.29. The minimum absolute atomic E-state index is 0.0495. The molecular formula is C28H24ClN7O5S. The number of nitrogens with one attached hydrogen (secondary N) is 1. The number of morpholine rings is 1. The van der Waals surface area contributed by atoms with Gasteiger partial charge in [0.15, 0.2) is 17.9 Å². The summed E-state index contributed by atoms with van der Waals surface area (Å²) in [5, 5.41) is 7.75. The first-order valence-corrected chi connectivity index (χ1v) is 14.2. The van der Waals surface area contributed by atoms with E-state index in [1.54, 1.807) is 42.7 Å². The Labute approximate surface area is 248 Å². The Morgan fingerprint density at radius 3 is 2.71 bits per heavy atom. The van der Waals surface area contributed by atoms with Crippen LogP contribution in [0.5, 0.6) is 0 Å². The average molecular weight is 606 g/mol. The van der Waals surface area contributed by atoms with Crippen LogP contribution in [0.25, 0.3) is 11.3 Å². The molecule has 5 aromatic rings. The second-order valence-electron chi connectivity index (χ2n) is 9.37. The standard InChI is InChI=1S/C28H24ClN7O5S/c29-25-4-3-20(42-25)13-31-26-11-22(33-36(26)28(39)23-16-41-17-32-23)21-10-19(34-6-8-40-9-7-34)14-35(27(21)38)15-24(37)18-2-1-5-30-12-18/h1-5,10-12,14,16-17,31H,6-9,13,15H2. The summed E-state index contributed by atoms with van der Waals surface area (Å²) in [6.45, 7) is 2.47. The SMILES string of the molecule is O=C(Cn1cc(N2CCOCC2)cc(-c2cc(NCc3ccc(Cl)s3)n(C(=O)c3cocn3)n2)c1=O)c1cccnc1. The van der Waals surface area contributed by atoms with Gasteiger partial charge >= 0.3 is 5.91 Å². The summed E-state index contributed by atoms with van der Waals surface area (Å²) in [6, 6.07) is 10.4. The van der Waals surface area contributed by atoms with Crippen molar-refractivity contribution in [3.63, 3.8) is 0 Å². The summed E-state index contributed by atoms with van der Waals surface area (Å²) in [7, 11) is 0. The van der Waals surface area contributed by atoms with E-state index >= 15 is 0 Å². The van der Waals surface area contributed by atoms with E-state index in [2.05, 4.69) is 25.3 Å². The maximum atomic E-state index is 13.8. The molecule has 1 aliphatic heterocycles. The van der Waals surface area contributed by atoms with E-state index in [1.807, 2.05) is 6.07 Å². The van der Waals surface area contributed by atoms with Crippen molar-refractivity contribution in [2.24, 2.45) is 0 Å². The van der Waals surface area contributed by atoms with Crippen molar-refractivity contribution in [2.45, 2.75) is 13.1 Å². The molecule has 0 amide bonds. The smallest absolute Gasteiger partial charge is 0.301 e. The van der Waals surface area contributed by atoms with Gasteiger partial charge in [0.05, 0.1) is 41.9 Å². The molecule has 0 bridgehead atoms. The molecular weight excluding hydrogens is 582 g/mol. The van der Waals surface area contributed by atoms with Gasteiger partial charge in [0.1, 0.15) is 17.8 Å². The van der Waals surface area contributed by atoms with Gasteiger partial charge in [-0.15, -0.1) is 11.3 Å². The second-order valence-corrected chi connectivity index (χ2v) is 11.2. The third-order valence-corrected chi connectivity index (χ3v) is 7.88. The van der Waals surface area contributed by atoms with Gasteiger partial charge in [0, 0.05) is 48.2 Å². The summed E-state index contributed by atoms with van der Waals surface area (Å²) in [5.74, 6) is -0.464. The van der Waals surface area contributed by atoms with Crippen molar-refractivity contribution in [1.82, 2.24) is 24.3 Å². The van der Waals surface area contributed by atoms with Crippen molar-refractivity contribution >= 4 is 46.1 Å². The predicted molar refractivity (Wildman–Crippen MR) is 156 cm³/mol. The highest BCUT2D eigenvalue weighted by Gasteiger charge is 2.23. The molecule has 1 aliphatic rings. The molecule has 6 rings (SSSR count). The van der Waals surface area contributed by atoms with Crippen LogP contribution < -0.4 is 15.8 Å². The molecule has 0 spiro atoms. The van der Waals surface area contributed by atoms with Crippen LogP contribution in [-0.2, 0) is 17.8 Å². The number of pyridine rings is 2. The summed E-state index contributed by atoms with van der Waals surface area (Å²) in [5.41, 5.74) is 1.22. The van der Waals surface area contributed by atoms with Crippen LogP contribution in [-0.4, -0.2) is 62.3 Å². The Hall–Kier alpha value is -4.59. The van der Waals surface area contributed by atoms with Gasteiger partial charge in [-0.05, 0) is 30.3 Å². The van der Waals surface area contributed by atoms with Crippen LogP contribution in [0.3, 0.4) is 0 Å². The Morgan fingerprint density at radius 2 is 2.00 bits per heavy atom. The molecule has 1 N–H and O–H groups in total. The molecule has 1 saturated heterocycles. The van der Waals surface area contributed by atoms with Gasteiger partial charge in [-0.25, -0.2) is 4.98 Å². The molecule has 14 heteroatoms. The van der Waals surface area contributed by atoms with Gasteiger partial charge in [0.25, 0.3) is 5.56 Å². The van der Waals surface area contributed by atoms with Gasteiger partial charge in [-0.3, -0.25) is 19.4 Å². The fourth-order valence-corrected chi connectivity index (χ4v) is 5.56. The quantitative estimate of drug-likeness (QED) is 0.247. The largest absolute Gasteiger partial charge is 0.451 e. The van der Waals surface area contributed by atoms with Crippen molar-refractivity contribution in [2.75, 3.05) is 36.5 Å². The normalized spacial score (nSPS) is 13.3. The van der Waals surface area contributed by atoms with Crippen LogP contribution >= 0.6 is 22.9 Å². The molecule has 214 valence electrons. The van der Waals surface area contributed by atoms with Crippen molar-refractivity contribution in [3.05, 3.63) is 98.5 Å². The first-order chi connectivity index (χ1) is 20.5. The molecule has 12 nitrogen and oxygen atoms in total. The van der Waals surface area contributed by atoms with Crippen molar-refractivity contribution in [3.8, 4) is 11.3 Å². The highest BCUT2D eigenvalue weighted by atomic mass is 35.5. The lowest BCUT2D eigenvalue weighted by Crippen LogP contribution is -2.37. The molecule has 5 aromatic heterocycles. The Morgan fingerprint density at radius 1 is 1.14 bits per heavy atom. The zero-order valence-electron chi connectivity index (χ0n) is 22.1.